The summed E-state index contributed by atoms with van der Waals surface area (Å²) < 4.78 is 0. The smallest absolute Gasteiger partial charge is 0.0383 e. The summed E-state index contributed by atoms with van der Waals surface area (Å²) in [5, 5.41) is 0. The van der Waals surface area contributed by atoms with Gasteiger partial charge in [-0.15, -0.1) is 0 Å². The van der Waals surface area contributed by atoms with Crippen LogP contribution < -0.4 is 0 Å². The lowest BCUT2D eigenvalue weighted by atomic mass is 10.3. The summed E-state index contributed by atoms with van der Waals surface area (Å²) in [7, 11) is 0. The van der Waals surface area contributed by atoms with Crippen LogP contribution in [-0.2, 0) is 0 Å². The van der Waals surface area contributed by atoms with E-state index in [1.807, 2.05) is 13.3 Å². The summed E-state index contributed by atoms with van der Waals surface area (Å²) in [6.07, 6.45) is 4.97. The zero-order chi connectivity index (χ0) is 4.12. The quantitative estimate of drug-likeness (QED) is 0.462. The van der Waals surface area contributed by atoms with Gasteiger partial charge < -0.3 is 0 Å². The Hall–Kier alpha value is 0. The van der Waals surface area contributed by atoms with Gasteiger partial charge in [-0.05, 0) is 26.2 Å². The Labute approximate surface area is 34.2 Å². The highest BCUT2D eigenvalue weighted by atomic mass is 13.7. The van der Waals surface area contributed by atoms with Crippen LogP contribution in [0.1, 0.15) is 13.3 Å². The topological polar surface area (TPSA) is 0 Å². The van der Waals surface area contributed by atoms with Crippen molar-refractivity contribution in [2.75, 3.05) is 0 Å². The average molecular weight is 69.1 g/mol. The van der Waals surface area contributed by atoms with E-state index in [0.29, 0.717) is 0 Å². The Balaban J connectivity index is 2.19. The molecule has 0 saturated carbocycles. The zero-order valence-electron chi connectivity index (χ0n) is 3.57. The van der Waals surface area contributed by atoms with Gasteiger partial charge in [-0.2, -0.15) is 0 Å². The van der Waals surface area contributed by atoms with Crippen molar-refractivity contribution in [3.8, 4) is 0 Å². The van der Waals surface area contributed by atoms with Crippen LogP contribution in [0.4, 0.5) is 0 Å². The predicted molar refractivity (Wildman–Crippen MR) is 24.2 cm³/mol. The van der Waals surface area contributed by atoms with Gasteiger partial charge in [0.25, 0.3) is 0 Å². The summed E-state index contributed by atoms with van der Waals surface area (Å²) in [6, 6.07) is 0. The highest BCUT2D eigenvalue weighted by Crippen LogP contribution is 1.84. The molecule has 29 valence electrons. The van der Waals surface area contributed by atoms with Gasteiger partial charge in [0.15, 0.2) is 0 Å². The second-order valence-electron chi connectivity index (χ2n) is 0.933. The van der Waals surface area contributed by atoms with Crippen LogP contribution in [0.15, 0.2) is 0 Å². The van der Waals surface area contributed by atoms with Crippen molar-refractivity contribution in [2.24, 2.45) is 0 Å². The maximum atomic E-state index is 3.52. The largest absolute Gasteiger partial charge is 0.0622 e. The van der Waals surface area contributed by atoms with Crippen LogP contribution >= 0.6 is 0 Å². The number of hydrogen-bond donors (Lipinski definition) is 0. The third-order valence-corrected chi connectivity index (χ3v) is 0.402. The molecular formula is C5H9. The molecule has 0 aromatic rings. The van der Waals surface area contributed by atoms with E-state index < -0.39 is 0 Å². The first kappa shape index (κ1) is 5.00. The maximum Gasteiger partial charge on any atom is -0.0383 e. The van der Waals surface area contributed by atoms with Crippen LogP contribution in [0.2, 0.25) is 0 Å². The fraction of sp³-hybridized carbons (Fsp3) is 0.400. The maximum absolute atomic E-state index is 3.52. The number of rotatable bonds is 2. The van der Waals surface area contributed by atoms with E-state index in [-0.39, 0.29) is 0 Å². The summed E-state index contributed by atoms with van der Waals surface area (Å²) in [5.41, 5.74) is 0. The van der Waals surface area contributed by atoms with Gasteiger partial charge >= 0.3 is 0 Å². The molecule has 0 heterocycles. The van der Waals surface area contributed by atoms with Gasteiger partial charge in [0.05, 0.1) is 0 Å². The lowest BCUT2D eigenvalue weighted by molar-refractivity contribution is 1.15. The minimum Gasteiger partial charge on any atom is -0.0622 e. The van der Waals surface area contributed by atoms with Crippen LogP contribution in [0, 0.1) is 19.8 Å². The lowest BCUT2D eigenvalue weighted by Gasteiger charge is -1.78. The fourth-order valence-corrected chi connectivity index (χ4v) is 0.167. The first-order chi connectivity index (χ1) is 2.41. The Morgan fingerprint density at radius 2 is 2.40 bits per heavy atom. The summed E-state index contributed by atoms with van der Waals surface area (Å²) in [5.74, 6) is 0. The zero-order valence-corrected chi connectivity index (χ0v) is 3.57. The minimum absolute atomic E-state index is 1.03. The molecule has 0 N–H and O–H groups in total. The van der Waals surface area contributed by atoms with E-state index in [2.05, 4.69) is 13.3 Å². The Bertz CT molecular complexity index is 7.51. The van der Waals surface area contributed by atoms with Crippen LogP contribution in [0.5, 0.6) is 0 Å². The van der Waals surface area contributed by atoms with E-state index in [4.69, 9.17) is 0 Å². The highest BCUT2D eigenvalue weighted by molar-refractivity contribution is 4.72. The van der Waals surface area contributed by atoms with Gasteiger partial charge in [0.1, 0.15) is 0 Å². The molecule has 0 atom stereocenters. The van der Waals surface area contributed by atoms with Crippen molar-refractivity contribution in [1.82, 2.24) is 0 Å². The standard InChI is InChI=1S/C5H9/c1-3-5-4-2/h3-4H,1,5H2,2H3. The van der Waals surface area contributed by atoms with Crippen LogP contribution in [0.25, 0.3) is 0 Å². The van der Waals surface area contributed by atoms with E-state index in [0.717, 1.165) is 6.42 Å². The first-order valence-electron chi connectivity index (χ1n) is 1.80. The van der Waals surface area contributed by atoms with Gasteiger partial charge in [-0.3, -0.25) is 0 Å². The third kappa shape index (κ3) is 4.00. The van der Waals surface area contributed by atoms with E-state index >= 15 is 0 Å². The summed E-state index contributed by atoms with van der Waals surface area (Å²) in [4.78, 5) is 0. The molecule has 0 aromatic heterocycles. The van der Waals surface area contributed by atoms with Crippen molar-refractivity contribution in [3.63, 3.8) is 0 Å². The number of hydrogen-bond acceptors (Lipinski definition) is 0. The molecule has 3 radical (unpaired) electrons. The molecular weight excluding hydrogens is 60.1 g/mol. The molecule has 0 aliphatic carbocycles. The molecule has 0 unspecified atom stereocenters. The van der Waals surface area contributed by atoms with Gasteiger partial charge in [-0.1, -0.05) is 6.92 Å². The molecule has 0 spiro atoms. The SMILES string of the molecule is [CH2][CH]C[CH]C. The molecule has 0 rings (SSSR count). The predicted octanol–water partition coefficient (Wildman–Crippen LogP) is 1.64. The van der Waals surface area contributed by atoms with Crippen molar-refractivity contribution < 1.29 is 0 Å². The van der Waals surface area contributed by atoms with Crippen molar-refractivity contribution in [3.05, 3.63) is 19.8 Å². The summed E-state index contributed by atoms with van der Waals surface area (Å²) >= 11 is 0. The van der Waals surface area contributed by atoms with E-state index in [1.54, 1.807) is 0 Å². The average Bonchev–Trinajstić information content (AvgIpc) is 1.41. The highest BCUT2D eigenvalue weighted by Gasteiger charge is 1.69. The molecule has 0 aliphatic rings. The van der Waals surface area contributed by atoms with E-state index in [9.17, 15) is 0 Å². The fourth-order valence-electron chi connectivity index (χ4n) is 0.167. The molecule has 0 heteroatoms. The molecule has 0 bridgehead atoms. The lowest BCUT2D eigenvalue weighted by Crippen LogP contribution is -1.62. The van der Waals surface area contributed by atoms with Crippen LogP contribution in [-0.4, -0.2) is 0 Å². The third-order valence-electron chi connectivity index (χ3n) is 0.402. The second-order valence-corrected chi connectivity index (χ2v) is 0.933. The Morgan fingerprint density at radius 3 is 2.40 bits per heavy atom. The van der Waals surface area contributed by atoms with Crippen molar-refractivity contribution >= 4 is 0 Å². The van der Waals surface area contributed by atoms with Crippen molar-refractivity contribution in [1.29, 1.82) is 0 Å². The normalized spacial score (nSPS) is 8.40. The molecule has 0 aromatic carbocycles. The minimum atomic E-state index is 1.03. The Kier molecular flexibility index (Phi) is 4.00. The van der Waals surface area contributed by atoms with Gasteiger partial charge in [0.2, 0.25) is 0 Å². The molecule has 0 amide bonds. The van der Waals surface area contributed by atoms with E-state index in [1.165, 1.54) is 0 Å². The van der Waals surface area contributed by atoms with Crippen LogP contribution in [0.3, 0.4) is 0 Å². The second kappa shape index (κ2) is 4.00. The monoisotopic (exact) mass is 69.1 g/mol. The van der Waals surface area contributed by atoms with Gasteiger partial charge in [-0.25, -0.2) is 0 Å². The van der Waals surface area contributed by atoms with Gasteiger partial charge in [0, 0.05) is 0 Å². The number of unbranched alkanes of at least 4 members (excludes halogenated alkanes) is 2. The summed E-state index contributed by atoms with van der Waals surface area (Å²) in [6.45, 7) is 5.53. The molecule has 0 saturated heterocycles. The van der Waals surface area contributed by atoms with Crippen molar-refractivity contribution in [2.45, 2.75) is 13.3 Å². The first-order valence-corrected chi connectivity index (χ1v) is 1.80. The Morgan fingerprint density at radius 1 is 1.80 bits per heavy atom. The molecule has 5 heavy (non-hydrogen) atoms. The molecule has 0 nitrogen and oxygen atoms in total. The molecule has 0 fully saturated rings. The molecule has 0 aliphatic heterocycles.